The summed E-state index contributed by atoms with van der Waals surface area (Å²) in [6, 6.07) is 0. The van der Waals surface area contributed by atoms with E-state index in [1.165, 1.54) is 70.6 Å². The molecule has 0 saturated carbocycles. The number of nitrogens with zero attached hydrogens (tertiary/aromatic N) is 1. The molecule has 1 saturated heterocycles. The quantitative estimate of drug-likeness (QED) is 0.312. The van der Waals surface area contributed by atoms with Crippen LogP contribution in [0.3, 0.4) is 0 Å². The van der Waals surface area contributed by atoms with Gasteiger partial charge in [0, 0.05) is 6.54 Å². The van der Waals surface area contributed by atoms with Gasteiger partial charge in [0.1, 0.15) is 5.72 Å². The van der Waals surface area contributed by atoms with Gasteiger partial charge in [-0.1, -0.05) is 77.2 Å². The van der Waals surface area contributed by atoms with Gasteiger partial charge in [-0.3, -0.25) is 4.79 Å². The van der Waals surface area contributed by atoms with Gasteiger partial charge in [0.05, 0.1) is 6.61 Å². The molecule has 0 N–H and O–H groups in total. The van der Waals surface area contributed by atoms with Crippen LogP contribution in [0.5, 0.6) is 0 Å². The van der Waals surface area contributed by atoms with E-state index < -0.39 is 5.72 Å². The number of carbonyl (C=O) groups excluding carboxylic acids is 1. The Kier molecular flexibility index (Phi) is 11.1. The lowest BCUT2D eigenvalue weighted by Crippen LogP contribution is -2.42. The van der Waals surface area contributed by atoms with Gasteiger partial charge >= 0.3 is 0 Å². The minimum Gasteiger partial charge on any atom is -0.354 e. The Morgan fingerprint density at radius 2 is 1.50 bits per heavy atom. The molecule has 1 heterocycles. The Morgan fingerprint density at radius 1 is 0.958 bits per heavy atom. The molecule has 1 amide bonds. The van der Waals surface area contributed by atoms with Crippen molar-refractivity contribution in [1.82, 2.24) is 4.90 Å². The Morgan fingerprint density at radius 3 is 2.00 bits per heavy atom. The molecule has 140 valence electrons. The zero-order valence-electron chi connectivity index (χ0n) is 16.3. The highest BCUT2D eigenvalue weighted by Crippen LogP contribution is 2.22. The molecule has 0 spiro atoms. The number of rotatable bonds is 13. The van der Waals surface area contributed by atoms with Gasteiger partial charge < -0.3 is 9.64 Å². The van der Waals surface area contributed by atoms with Gasteiger partial charge in [-0.2, -0.15) is 0 Å². The van der Waals surface area contributed by atoms with E-state index in [1.807, 2.05) is 24.8 Å². The maximum Gasteiger partial charge on any atom is 0.248 e. The smallest absolute Gasteiger partial charge is 0.248 e. The Labute approximate surface area is 149 Å². The summed E-state index contributed by atoms with van der Waals surface area (Å²) < 4.78 is 5.56. The van der Waals surface area contributed by atoms with Crippen LogP contribution in [0.15, 0.2) is 12.2 Å². The third-order valence-corrected chi connectivity index (χ3v) is 4.92. The molecule has 0 aromatic carbocycles. The SMILES string of the molecule is CCCCCCCCCCCCCC=CC(=O)N1CCOC1(C)C. The second kappa shape index (κ2) is 12.5. The van der Waals surface area contributed by atoms with E-state index >= 15 is 0 Å². The average molecular weight is 338 g/mol. The standard InChI is InChI=1S/C21H39NO2/c1-4-5-6-7-8-9-10-11-12-13-14-15-16-17-20(23)22-18-19-24-21(22,2)3/h16-17H,4-15,18-19H2,1-3H3. The number of ether oxygens (including phenoxy) is 1. The number of unbranched alkanes of at least 4 members (excludes halogenated alkanes) is 11. The van der Waals surface area contributed by atoms with E-state index in [-0.39, 0.29) is 5.91 Å². The predicted octanol–water partition coefficient (Wildman–Crippen LogP) is 5.84. The van der Waals surface area contributed by atoms with Crippen LogP contribution < -0.4 is 0 Å². The Hall–Kier alpha value is -0.830. The van der Waals surface area contributed by atoms with Crippen LogP contribution in [0.1, 0.15) is 97.8 Å². The molecule has 0 aliphatic carbocycles. The summed E-state index contributed by atoms with van der Waals surface area (Å²) in [6.45, 7) is 7.53. The van der Waals surface area contributed by atoms with Gasteiger partial charge in [0.25, 0.3) is 0 Å². The van der Waals surface area contributed by atoms with Gasteiger partial charge in [-0.05, 0) is 32.8 Å². The van der Waals surface area contributed by atoms with E-state index in [9.17, 15) is 4.79 Å². The van der Waals surface area contributed by atoms with Crippen molar-refractivity contribution < 1.29 is 9.53 Å². The summed E-state index contributed by atoms with van der Waals surface area (Å²) in [5, 5.41) is 0. The first-order valence-corrected chi connectivity index (χ1v) is 10.2. The lowest BCUT2D eigenvalue weighted by Gasteiger charge is -2.28. The van der Waals surface area contributed by atoms with Crippen LogP contribution in [0.4, 0.5) is 0 Å². The van der Waals surface area contributed by atoms with E-state index in [0.29, 0.717) is 13.2 Å². The molecule has 0 radical (unpaired) electrons. The average Bonchev–Trinajstić information content (AvgIpc) is 2.91. The molecule has 24 heavy (non-hydrogen) atoms. The van der Waals surface area contributed by atoms with E-state index in [0.717, 1.165) is 6.42 Å². The zero-order chi connectivity index (χ0) is 17.7. The summed E-state index contributed by atoms with van der Waals surface area (Å²) in [4.78, 5) is 13.9. The molecule has 0 bridgehead atoms. The van der Waals surface area contributed by atoms with Gasteiger partial charge in [-0.25, -0.2) is 0 Å². The Bertz CT molecular complexity index is 363. The molecule has 0 aromatic rings. The summed E-state index contributed by atoms with van der Waals surface area (Å²) >= 11 is 0. The third-order valence-electron chi connectivity index (χ3n) is 4.92. The first kappa shape index (κ1) is 21.2. The van der Waals surface area contributed by atoms with Crippen LogP contribution in [-0.2, 0) is 9.53 Å². The number of carbonyl (C=O) groups is 1. The van der Waals surface area contributed by atoms with Crippen molar-refractivity contribution in [3.63, 3.8) is 0 Å². The monoisotopic (exact) mass is 337 g/mol. The molecule has 0 unspecified atom stereocenters. The molecule has 1 aliphatic heterocycles. The fourth-order valence-electron chi connectivity index (χ4n) is 3.31. The van der Waals surface area contributed by atoms with Crippen LogP contribution in [0.25, 0.3) is 0 Å². The van der Waals surface area contributed by atoms with Crippen LogP contribution >= 0.6 is 0 Å². The third kappa shape index (κ3) is 8.86. The van der Waals surface area contributed by atoms with Crippen LogP contribution in [-0.4, -0.2) is 29.7 Å². The first-order chi connectivity index (χ1) is 11.6. The van der Waals surface area contributed by atoms with Gasteiger partial charge in [0.2, 0.25) is 5.91 Å². The summed E-state index contributed by atoms with van der Waals surface area (Å²) in [5.74, 6) is 0.0839. The van der Waals surface area contributed by atoms with E-state index in [4.69, 9.17) is 4.74 Å². The highest BCUT2D eigenvalue weighted by molar-refractivity contribution is 5.88. The van der Waals surface area contributed by atoms with Crippen molar-refractivity contribution in [2.45, 2.75) is 104 Å². The van der Waals surface area contributed by atoms with Crippen molar-refractivity contribution in [2.75, 3.05) is 13.2 Å². The molecular weight excluding hydrogens is 298 g/mol. The minimum atomic E-state index is -0.446. The molecule has 0 aromatic heterocycles. The maximum absolute atomic E-state index is 12.1. The summed E-state index contributed by atoms with van der Waals surface area (Å²) in [5.41, 5.74) is -0.446. The molecule has 1 aliphatic rings. The lowest BCUT2D eigenvalue weighted by atomic mass is 10.1. The summed E-state index contributed by atoms with van der Waals surface area (Å²) in [7, 11) is 0. The molecule has 1 fully saturated rings. The highest BCUT2D eigenvalue weighted by atomic mass is 16.5. The van der Waals surface area contributed by atoms with Crippen molar-refractivity contribution in [3.05, 3.63) is 12.2 Å². The fraction of sp³-hybridized carbons (Fsp3) is 0.857. The molecule has 3 nitrogen and oxygen atoms in total. The number of allylic oxidation sites excluding steroid dienone is 1. The fourth-order valence-corrected chi connectivity index (χ4v) is 3.31. The van der Waals surface area contributed by atoms with E-state index in [2.05, 4.69) is 6.92 Å². The first-order valence-electron chi connectivity index (χ1n) is 10.2. The largest absolute Gasteiger partial charge is 0.354 e. The molecular formula is C21H39NO2. The minimum absolute atomic E-state index is 0.0839. The Balaban J connectivity index is 1.92. The maximum atomic E-state index is 12.1. The highest BCUT2D eigenvalue weighted by Gasteiger charge is 2.35. The predicted molar refractivity (Wildman–Crippen MR) is 102 cm³/mol. The second-order valence-electron chi connectivity index (χ2n) is 7.51. The van der Waals surface area contributed by atoms with Crippen LogP contribution in [0, 0.1) is 0 Å². The number of amides is 1. The molecule has 1 rings (SSSR count). The van der Waals surface area contributed by atoms with Crippen molar-refractivity contribution >= 4 is 5.91 Å². The number of hydrogen-bond donors (Lipinski definition) is 0. The molecule has 0 atom stereocenters. The van der Waals surface area contributed by atoms with Crippen LogP contribution in [0.2, 0.25) is 0 Å². The van der Waals surface area contributed by atoms with Crippen molar-refractivity contribution in [1.29, 1.82) is 0 Å². The van der Waals surface area contributed by atoms with Crippen molar-refractivity contribution in [3.8, 4) is 0 Å². The van der Waals surface area contributed by atoms with Crippen molar-refractivity contribution in [2.24, 2.45) is 0 Å². The number of hydrogen-bond acceptors (Lipinski definition) is 2. The van der Waals surface area contributed by atoms with E-state index in [1.54, 1.807) is 6.08 Å². The lowest BCUT2D eigenvalue weighted by molar-refractivity contribution is -0.138. The summed E-state index contributed by atoms with van der Waals surface area (Å²) in [6.07, 6.45) is 19.8. The molecule has 3 heteroatoms. The van der Waals surface area contributed by atoms with Gasteiger partial charge in [0.15, 0.2) is 0 Å². The normalized spacial score (nSPS) is 17.0. The second-order valence-corrected chi connectivity index (χ2v) is 7.51. The topological polar surface area (TPSA) is 29.5 Å². The zero-order valence-corrected chi connectivity index (χ0v) is 16.3. The van der Waals surface area contributed by atoms with Gasteiger partial charge in [-0.15, -0.1) is 0 Å².